The molecule has 5 rings (SSSR count). The van der Waals surface area contributed by atoms with E-state index in [1.807, 2.05) is 0 Å². The van der Waals surface area contributed by atoms with Gasteiger partial charge in [0.15, 0.2) is 23.1 Å². The molecule has 0 radical (unpaired) electrons. The summed E-state index contributed by atoms with van der Waals surface area (Å²) in [6.07, 6.45) is -0.0517. The fourth-order valence-electron chi connectivity index (χ4n) is 4.90. The zero-order valence-corrected chi connectivity index (χ0v) is 14.8. The maximum atomic E-state index is 13.4. The molecule has 28 heavy (non-hydrogen) atoms. The van der Waals surface area contributed by atoms with E-state index >= 15 is 0 Å². The summed E-state index contributed by atoms with van der Waals surface area (Å²) in [5.74, 6) is -3.56. The van der Waals surface area contributed by atoms with Gasteiger partial charge in [-0.1, -0.05) is 24.3 Å². The molecule has 0 amide bonds. The van der Waals surface area contributed by atoms with E-state index in [1.165, 1.54) is 43.3 Å². The third kappa shape index (κ3) is 1.68. The lowest BCUT2D eigenvalue weighted by atomic mass is 9.61. The fraction of sp³-hybridized carbons (Fsp3) is 0.182. The van der Waals surface area contributed by atoms with Crippen molar-refractivity contribution in [3.8, 4) is 11.5 Å². The summed E-state index contributed by atoms with van der Waals surface area (Å²) >= 11 is 0. The third-order valence-corrected chi connectivity index (χ3v) is 6.26. The lowest BCUT2D eigenvalue weighted by Crippen LogP contribution is -2.45. The highest BCUT2D eigenvalue weighted by atomic mass is 16.3. The Balaban J connectivity index is 1.78. The van der Waals surface area contributed by atoms with Crippen LogP contribution in [0.4, 0.5) is 0 Å². The molecule has 6 heteroatoms. The van der Waals surface area contributed by atoms with Gasteiger partial charge in [-0.25, -0.2) is 0 Å². The lowest BCUT2D eigenvalue weighted by molar-refractivity contribution is 0.0649. The molecule has 3 aliphatic carbocycles. The van der Waals surface area contributed by atoms with Crippen LogP contribution in [-0.2, 0) is 0 Å². The van der Waals surface area contributed by atoms with Gasteiger partial charge in [-0.15, -0.1) is 0 Å². The van der Waals surface area contributed by atoms with Crippen molar-refractivity contribution in [2.45, 2.75) is 13.3 Å². The average Bonchev–Trinajstić information content (AvgIpc) is 2.99. The number of hydrogen-bond acceptors (Lipinski definition) is 6. The topological polar surface area (TPSA) is 109 Å². The van der Waals surface area contributed by atoms with E-state index in [9.17, 15) is 29.4 Å². The Morgan fingerprint density at radius 1 is 0.857 bits per heavy atom. The van der Waals surface area contributed by atoms with E-state index in [1.54, 1.807) is 0 Å². The van der Waals surface area contributed by atoms with Crippen molar-refractivity contribution in [1.82, 2.24) is 0 Å². The number of hydrogen-bond donors (Lipinski definition) is 2. The van der Waals surface area contributed by atoms with Gasteiger partial charge in [-0.05, 0) is 25.5 Å². The van der Waals surface area contributed by atoms with E-state index in [4.69, 9.17) is 0 Å². The molecule has 2 atom stereocenters. The Morgan fingerprint density at radius 2 is 1.46 bits per heavy atom. The summed E-state index contributed by atoms with van der Waals surface area (Å²) in [5, 5.41) is 20.3. The summed E-state index contributed by atoms with van der Waals surface area (Å²) in [5.41, 5.74) is -1.45. The highest BCUT2D eigenvalue weighted by Gasteiger charge is 2.61. The summed E-state index contributed by atoms with van der Waals surface area (Å²) in [7, 11) is 0. The first-order valence-electron chi connectivity index (χ1n) is 8.84. The number of carbonyl (C=O) groups is 4. The normalized spacial score (nSPS) is 25.4. The Morgan fingerprint density at radius 3 is 2.14 bits per heavy atom. The number of phenols is 2. The number of allylic oxidation sites excluding steroid dienone is 2. The molecule has 0 aromatic heterocycles. The van der Waals surface area contributed by atoms with Crippen molar-refractivity contribution in [2.24, 2.45) is 11.3 Å². The van der Waals surface area contributed by atoms with Crippen LogP contribution in [0.2, 0.25) is 0 Å². The van der Waals surface area contributed by atoms with E-state index in [-0.39, 0.29) is 51.3 Å². The number of carbonyl (C=O) groups excluding carboxylic acids is 4. The molecule has 0 bridgehead atoms. The highest BCUT2D eigenvalue weighted by molar-refractivity contribution is 6.33. The summed E-state index contributed by atoms with van der Waals surface area (Å²) in [6, 6.07) is 8.47. The minimum atomic E-state index is -1.51. The Labute approximate surface area is 159 Å². The molecule has 2 aromatic rings. The van der Waals surface area contributed by atoms with Crippen molar-refractivity contribution in [2.75, 3.05) is 0 Å². The van der Waals surface area contributed by atoms with Crippen LogP contribution in [0.5, 0.6) is 11.5 Å². The van der Waals surface area contributed by atoms with Gasteiger partial charge in [0.25, 0.3) is 0 Å². The van der Waals surface area contributed by atoms with Crippen molar-refractivity contribution in [1.29, 1.82) is 0 Å². The number of rotatable bonds is 0. The van der Waals surface area contributed by atoms with E-state index in [2.05, 4.69) is 0 Å². The van der Waals surface area contributed by atoms with Crippen LogP contribution < -0.4 is 0 Å². The summed E-state index contributed by atoms with van der Waals surface area (Å²) < 4.78 is 0. The minimum Gasteiger partial charge on any atom is -0.507 e. The zero-order valence-electron chi connectivity index (χ0n) is 14.8. The molecular weight excluding hydrogens is 360 g/mol. The number of Topliss-reactive ketones (excluding diaryl/α,β-unsaturated/α-hetero) is 4. The van der Waals surface area contributed by atoms with Crippen molar-refractivity contribution in [3.63, 3.8) is 0 Å². The van der Waals surface area contributed by atoms with Crippen LogP contribution >= 0.6 is 0 Å². The van der Waals surface area contributed by atoms with Crippen molar-refractivity contribution >= 4 is 23.1 Å². The standard InChI is InChI=1S/C22H14O6/c1-22-12(19(26)16-10(21(22)28)5-3-7-14(16)24)8-11-17(22)20(27)15-9(18(11)25)4-2-6-13(15)23/h2-7,12,23-24H,8H2,1H3. The second-order valence-corrected chi connectivity index (χ2v) is 7.56. The summed E-state index contributed by atoms with van der Waals surface area (Å²) in [6.45, 7) is 1.50. The molecule has 0 fully saturated rings. The van der Waals surface area contributed by atoms with Gasteiger partial charge in [-0.2, -0.15) is 0 Å². The number of phenolic OH excluding ortho intramolecular Hbond substituents is 2. The van der Waals surface area contributed by atoms with Gasteiger partial charge in [0.1, 0.15) is 11.5 Å². The maximum Gasteiger partial charge on any atom is 0.194 e. The number of ketones is 4. The molecule has 0 saturated heterocycles. The van der Waals surface area contributed by atoms with E-state index in [0.717, 1.165) is 0 Å². The average molecular weight is 374 g/mol. The first-order chi connectivity index (χ1) is 13.3. The monoisotopic (exact) mass is 374 g/mol. The predicted octanol–water partition coefficient (Wildman–Crippen LogP) is 2.88. The molecule has 2 aromatic carbocycles. The minimum absolute atomic E-state index is 0.0103. The van der Waals surface area contributed by atoms with Crippen LogP contribution in [0.25, 0.3) is 0 Å². The zero-order chi connectivity index (χ0) is 20.0. The van der Waals surface area contributed by atoms with Gasteiger partial charge in [0.2, 0.25) is 0 Å². The third-order valence-electron chi connectivity index (χ3n) is 6.26. The predicted molar refractivity (Wildman–Crippen MR) is 96.8 cm³/mol. The molecule has 2 unspecified atom stereocenters. The Bertz CT molecular complexity index is 1200. The quantitative estimate of drug-likeness (QED) is 0.734. The number of fused-ring (bicyclic) bond motifs is 4. The largest absolute Gasteiger partial charge is 0.507 e. The van der Waals surface area contributed by atoms with Crippen LogP contribution in [0, 0.1) is 11.3 Å². The van der Waals surface area contributed by atoms with Gasteiger partial charge in [-0.3, -0.25) is 19.2 Å². The second-order valence-electron chi connectivity index (χ2n) is 7.56. The Kier molecular flexibility index (Phi) is 2.99. The SMILES string of the molecule is CC12C(=O)c3cccc(O)c3C(=O)C1CC1=C2C(=O)c2c(O)cccc2C1=O. The summed E-state index contributed by atoms with van der Waals surface area (Å²) in [4.78, 5) is 52.9. The molecule has 0 saturated carbocycles. The van der Waals surface area contributed by atoms with Gasteiger partial charge < -0.3 is 10.2 Å². The van der Waals surface area contributed by atoms with Gasteiger partial charge in [0, 0.05) is 28.2 Å². The maximum absolute atomic E-state index is 13.4. The van der Waals surface area contributed by atoms with Gasteiger partial charge in [0.05, 0.1) is 16.5 Å². The van der Waals surface area contributed by atoms with E-state index in [0.29, 0.717) is 0 Å². The van der Waals surface area contributed by atoms with Gasteiger partial charge >= 0.3 is 0 Å². The Hall–Kier alpha value is -3.54. The van der Waals surface area contributed by atoms with Crippen LogP contribution in [-0.4, -0.2) is 33.3 Å². The molecular formula is C22H14O6. The molecule has 2 N–H and O–H groups in total. The molecule has 3 aliphatic rings. The van der Waals surface area contributed by atoms with Crippen LogP contribution in [0.15, 0.2) is 47.5 Å². The van der Waals surface area contributed by atoms with Crippen molar-refractivity contribution in [3.05, 3.63) is 69.8 Å². The number of benzene rings is 2. The van der Waals surface area contributed by atoms with E-state index < -0.39 is 34.5 Å². The van der Waals surface area contributed by atoms with Crippen LogP contribution in [0.3, 0.4) is 0 Å². The van der Waals surface area contributed by atoms with Crippen LogP contribution in [0.1, 0.15) is 54.8 Å². The first kappa shape index (κ1) is 16.6. The highest BCUT2D eigenvalue weighted by Crippen LogP contribution is 2.57. The lowest BCUT2D eigenvalue weighted by Gasteiger charge is -2.37. The molecule has 0 spiro atoms. The van der Waals surface area contributed by atoms with Crippen molar-refractivity contribution < 1.29 is 29.4 Å². The number of aromatic hydroxyl groups is 2. The molecule has 6 nitrogen and oxygen atoms in total. The first-order valence-corrected chi connectivity index (χ1v) is 8.84. The fourth-order valence-corrected chi connectivity index (χ4v) is 4.90. The molecule has 0 aliphatic heterocycles. The second kappa shape index (κ2) is 5.04. The molecule has 0 heterocycles. The molecule has 138 valence electrons. The smallest absolute Gasteiger partial charge is 0.194 e.